The van der Waals surface area contributed by atoms with Gasteiger partial charge in [0.25, 0.3) is 5.91 Å². The molecule has 1 fully saturated rings. The van der Waals surface area contributed by atoms with Crippen LogP contribution < -0.4 is 10.1 Å². The van der Waals surface area contributed by atoms with Crippen molar-refractivity contribution in [2.75, 3.05) is 18.4 Å². The molecule has 38 heavy (non-hydrogen) atoms. The number of aliphatic carboxylic acids is 1. The van der Waals surface area contributed by atoms with Gasteiger partial charge >= 0.3 is 12.1 Å². The van der Waals surface area contributed by atoms with Crippen molar-refractivity contribution in [1.29, 1.82) is 0 Å². The Bertz CT molecular complexity index is 1240. The molecule has 0 spiro atoms. The van der Waals surface area contributed by atoms with Crippen LogP contribution in [0.25, 0.3) is 0 Å². The molecule has 0 unspecified atom stereocenters. The molecule has 6 nitrogen and oxygen atoms in total. The Hall–Kier alpha value is -3.85. The van der Waals surface area contributed by atoms with Crippen molar-refractivity contribution in [3.63, 3.8) is 0 Å². The van der Waals surface area contributed by atoms with Gasteiger partial charge in [-0.05, 0) is 85.3 Å². The first kappa shape index (κ1) is 27.2. The van der Waals surface area contributed by atoms with Gasteiger partial charge in [-0.3, -0.25) is 9.69 Å². The third-order valence-electron chi connectivity index (χ3n) is 6.73. The van der Waals surface area contributed by atoms with Crippen LogP contribution in [0.2, 0.25) is 0 Å². The van der Waals surface area contributed by atoms with Gasteiger partial charge in [0.05, 0.1) is 0 Å². The quantitative estimate of drug-likeness (QED) is 0.407. The number of halogens is 3. The Morgan fingerprint density at radius 1 is 0.868 bits per heavy atom. The lowest BCUT2D eigenvalue weighted by Crippen LogP contribution is -2.41. The van der Waals surface area contributed by atoms with E-state index >= 15 is 0 Å². The van der Waals surface area contributed by atoms with Gasteiger partial charge in [-0.2, -0.15) is 13.2 Å². The molecule has 2 aliphatic rings. The normalized spacial score (nSPS) is 15.7. The van der Waals surface area contributed by atoms with Crippen molar-refractivity contribution >= 4 is 17.6 Å². The summed E-state index contributed by atoms with van der Waals surface area (Å²) >= 11 is 0. The average molecular weight is 527 g/mol. The Morgan fingerprint density at radius 3 is 2.05 bits per heavy atom. The van der Waals surface area contributed by atoms with Gasteiger partial charge in [-0.1, -0.05) is 30.7 Å². The number of carboxylic acids is 1. The predicted molar refractivity (Wildman–Crippen MR) is 138 cm³/mol. The number of benzene rings is 3. The fourth-order valence-electron chi connectivity index (χ4n) is 4.44. The third-order valence-corrected chi connectivity index (χ3v) is 6.73. The molecule has 1 heterocycles. The van der Waals surface area contributed by atoms with E-state index in [0.29, 0.717) is 11.3 Å². The number of alkyl halides is 3. The minimum Gasteiger partial charge on any atom is -0.475 e. The number of hydrogen-bond donors (Lipinski definition) is 2. The summed E-state index contributed by atoms with van der Waals surface area (Å²) in [5.41, 5.74) is 4.27. The molecule has 200 valence electrons. The molecule has 1 saturated carbocycles. The van der Waals surface area contributed by atoms with Crippen LogP contribution in [0.3, 0.4) is 0 Å². The first-order chi connectivity index (χ1) is 18.2. The van der Waals surface area contributed by atoms with Crippen LogP contribution in [0.15, 0.2) is 72.8 Å². The fraction of sp³-hybridized carbons (Fsp3) is 0.310. The Morgan fingerprint density at radius 2 is 1.47 bits per heavy atom. The highest BCUT2D eigenvalue weighted by Crippen LogP contribution is 2.28. The van der Waals surface area contributed by atoms with Crippen molar-refractivity contribution in [1.82, 2.24) is 4.90 Å². The van der Waals surface area contributed by atoms with E-state index in [1.807, 2.05) is 48.5 Å². The van der Waals surface area contributed by atoms with E-state index in [2.05, 4.69) is 22.3 Å². The molecule has 9 heteroatoms. The van der Waals surface area contributed by atoms with Crippen LogP contribution in [0.4, 0.5) is 18.9 Å². The molecule has 0 bridgehead atoms. The van der Waals surface area contributed by atoms with E-state index in [4.69, 9.17) is 14.6 Å². The number of nitrogens with zero attached hydrogens (tertiary/aromatic N) is 1. The van der Waals surface area contributed by atoms with Crippen LogP contribution in [-0.4, -0.2) is 47.2 Å². The van der Waals surface area contributed by atoms with Crippen molar-refractivity contribution in [3.05, 3.63) is 89.5 Å². The fourth-order valence-corrected chi connectivity index (χ4v) is 4.44. The highest BCUT2D eigenvalue weighted by atomic mass is 19.4. The van der Waals surface area contributed by atoms with Crippen LogP contribution in [0.1, 0.15) is 40.7 Å². The maximum absolute atomic E-state index is 12.7. The lowest BCUT2D eigenvalue weighted by atomic mass is 9.91. The lowest BCUT2D eigenvalue weighted by Gasteiger charge is -2.36. The number of carboxylic acid groups (broad SMARTS) is 1. The monoisotopic (exact) mass is 526 g/mol. The maximum Gasteiger partial charge on any atom is 0.490 e. The number of fused-ring (bicyclic) bond motifs is 1. The number of rotatable bonds is 5. The highest BCUT2D eigenvalue weighted by molar-refractivity contribution is 6.04. The Balaban J connectivity index is 0.000000426. The van der Waals surface area contributed by atoms with Crippen molar-refractivity contribution in [2.45, 2.75) is 44.3 Å². The van der Waals surface area contributed by atoms with Gasteiger partial charge in [-0.15, -0.1) is 0 Å². The molecule has 0 saturated heterocycles. The SMILES string of the molecule is O=C(Nc1ccc2c(c1)CCN(C1CCC1)CC2)c1ccc(Oc2ccccc2)cc1.O=C(O)C(F)(F)F. The van der Waals surface area contributed by atoms with E-state index in [0.717, 1.165) is 43.4 Å². The molecule has 3 aromatic carbocycles. The van der Waals surface area contributed by atoms with Crippen molar-refractivity contribution < 1.29 is 32.6 Å². The summed E-state index contributed by atoms with van der Waals surface area (Å²) < 4.78 is 37.5. The summed E-state index contributed by atoms with van der Waals surface area (Å²) in [7, 11) is 0. The predicted octanol–water partition coefficient (Wildman–Crippen LogP) is 6.32. The van der Waals surface area contributed by atoms with Crippen LogP contribution in [0.5, 0.6) is 11.5 Å². The number of ether oxygens (including phenoxy) is 1. The molecule has 1 aliphatic heterocycles. The third kappa shape index (κ3) is 7.35. The van der Waals surface area contributed by atoms with Crippen molar-refractivity contribution in [3.8, 4) is 11.5 Å². The van der Waals surface area contributed by atoms with E-state index < -0.39 is 12.1 Å². The molecule has 0 aromatic heterocycles. The van der Waals surface area contributed by atoms with Crippen LogP contribution in [-0.2, 0) is 17.6 Å². The molecular formula is C29H29F3N2O4. The number of carbonyl (C=O) groups excluding carboxylic acids is 1. The average Bonchev–Trinajstić information content (AvgIpc) is 3.06. The molecule has 3 aromatic rings. The molecule has 1 aliphatic carbocycles. The summed E-state index contributed by atoms with van der Waals surface area (Å²) in [6.45, 7) is 2.28. The maximum atomic E-state index is 12.7. The number of nitrogens with one attached hydrogen (secondary N) is 1. The van der Waals surface area contributed by atoms with Crippen LogP contribution >= 0.6 is 0 Å². The summed E-state index contributed by atoms with van der Waals surface area (Å²) in [5.74, 6) is -1.37. The number of carbonyl (C=O) groups is 2. The zero-order chi connectivity index (χ0) is 27.1. The topological polar surface area (TPSA) is 78.9 Å². The van der Waals surface area contributed by atoms with E-state index in [-0.39, 0.29) is 5.91 Å². The number of hydrogen-bond acceptors (Lipinski definition) is 4. The van der Waals surface area contributed by atoms with Gasteiger partial charge in [0.2, 0.25) is 0 Å². The zero-order valence-corrected chi connectivity index (χ0v) is 20.7. The second-order valence-corrected chi connectivity index (χ2v) is 9.30. The minimum absolute atomic E-state index is 0.101. The van der Waals surface area contributed by atoms with Gasteiger partial charge in [-0.25, -0.2) is 4.79 Å². The Kier molecular flexibility index (Phi) is 8.68. The number of anilines is 1. The Labute approximate surface area is 219 Å². The molecule has 5 rings (SSSR count). The smallest absolute Gasteiger partial charge is 0.475 e. The van der Waals surface area contributed by atoms with Gasteiger partial charge in [0.1, 0.15) is 11.5 Å². The van der Waals surface area contributed by atoms with Gasteiger partial charge in [0.15, 0.2) is 0 Å². The highest BCUT2D eigenvalue weighted by Gasteiger charge is 2.38. The van der Waals surface area contributed by atoms with Crippen molar-refractivity contribution in [2.24, 2.45) is 0 Å². The molecular weight excluding hydrogens is 497 g/mol. The minimum atomic E-state index is -5.08. The van der Waals surface area contributed by atoms with E-state index in [9.17, 15) is 18.0 Å². The molecule has 0 atom stereocenters. The largest absolute Gasteiger partial charge is 0.490 e. The molecule has 1 amide bonds. The second kappa shape index (κ2) is 12.1. The first-order valence-electron chi connectivity index (χ1n) is 12.5. The first-order valence-corrected chi connectivity index (χ1v) is 12.5. The number of amides is 1. The second-order valence-electron chi connectivity index (χ2n) is 9.30. The van der Waals surface area contributed by atoms with E-state index in [1.165, 1.54) is 30.4 Å². The lowest BCUT2D eigenvalue weighted by molar-refractivity contribution is -0.192. The molecule has 0 radical (unpaired) electrons. The summed E-state index contributed by atoms with van der Waals surface area (Å²) in [6.07, 6.45) is 1.16. The van der Waals surface area contributed by atoms with Crippen LogP contribution in [0, 0.1) is 0 Å². The van der Waals surface area contributed by atoms with E-state index in [1.54, 1.807) is 12.1 Å². The standard InChI is InChI=1S/C27H28N2O2.C2HF3O2/c30-27(21-10-13-26(14-11-21)31-25-7-2-1-3-8-25)28-23-12-9-20-15-17-29(24-5-4-6-24)18-16-22(20)19-23;3-2(4,5)1(6)7/h1-3,7-14,19,24H,4-6,15-18H2,(H,28,30);(H,6,7). The molecule has 2 N–H and O–H groups in total. The number of para-hydroxylation sites is 1. The van der Waals surface area contributed by atoms with Gasteiger partial charge < -0.3 is 15.2 Å². The zero-order valence-electron chi connectivity index (χ0n) is 20.7. The summed E-state index contributed by atoms with van der Waals surface area (Å²) in [5, 5.41) is 10.2. The summed E-state index contributed by atoms with van der Waals surface area (Å²) in [4.78, 5) is 24.3. The van der Waals surface area contributed by atoms with Gasteiger partial charge in [0, 0.05) is 30.4 Å². The summed E-state index contributed by atoms with van der Waals surface area (Å²) in [6, 6.07) is 24.1.